The summed E-state index contributed by atoms with van der Waals surface area (Å²) in [6.45, 7) is 7.15. The van der Waals surface area contributed by atoms with Crippen LogP contribution in [0.4, 0.5) is 0 Å². The first-order chi connectivity index (χ1) is 17.0. The number of hydrogen-bond acceptors (Lipinski definition) is 7. The molecule has 2 aliphatic rings. The molecule has 35 heavy (non-hydrogen) atoms. The Hall–Kier alpha value is -3.17. The number of fused-ring (bicyclic) bond motifs is 1. The van der Waals surface area contributed by atoms with E-state index in [1.54, 1.807) is 9.47 Å². The van der Waals surface area contributed by atoms with Crippen molar-refractivity contribution in [3.8, 4) is 5.75 Å². The van der Waals surface area contributed by atoms with Gasteiger partial charge in [-0.1, -0.05) is 29.8 Å². The van der Waals surface area contributed by atoms with Crippen molar-refractivity contribution in [2.75, 3.05) is 59.7 Å². The number of esters is 1. The minimum atomic E-state index is -0.547. The molecule has 1 aromatic heterocycles. The van der Waals surface area contributed by atoms with E-state index in [4.69, 9.17) is 14.2 Å². The fourth-order valence-corrected chi connectivity index (χ4v) is 4.65. The highest BCUT2D eigenvalue weighted by atomic mass is 16.5. The zero-order chi connectivity index (χ0) is 24.8. The van der Waals surface area contributed by atoms with Crippen LogP contribution in [0.1, 0.15) is 27.2 Å². The Labute approximate surface area is 205 Å². The third-order valence-electron chi connectivity index (χ3n) is 6.54. The van der Waals surface area contributed by atoms with Crippen molar-refractivity contribution >= 4 is 11.9 Å². The molecular formula is C26H33N3O6. The van der Waals surface area contributed by atoms with Gasteiger partial charge in [0, 0.05) is 57.4 Å². The molecule has 0 N–H and O–H groups in total. The van der Waals surface area contributed by atoms with Crippen molar-refractivity contribution < 1.29 is 23.8 Å². The number of carbonyl (C=O) groups is 2. The molecule has 1 fully saturated rings. The fourth-order valence-electron chi connectivity index (χ4n) is 4.65. The highest BCUT2D eigenvalue weighted by molar-refractivity contribution is 5.93. The lowest BCUT2D eigenvalue weighted by atomic mass is 10.1. The number of carbonyl (C=O) groups excluding carboxylic acids is 2. The predicted molar refractivity (Wildman–Crippen MR) is 130 cm³/mol. The first kappa shape index (κ1) is 24.9. The highest BCUT2D eigenvalue weighted by Gasteiger charge is 2.27. The van der Waals surface area contributed by atoms with Gasteiger partial charge < -0.3 is 23.7 Å². The second-order valence-corrected chi connectivity index (χ2v) is 8.91. The van der Waals surface area contributed by atoms with Gasteiger partial charge in [-0.2, -0.15) is 0 Å². The summed E-state index contributed by atoms with van der Waals surface area (Å²) in [5.41, 5.74) is 2.63. The van der Waals surface area contributed by atoms with Gasteiger partial charge >= 0.3 is 5.97 Å². The lowest BCUT2D eigenvalue weighted by Crippen LogP contribution is -2.38. The number of morpholine rings is 1. The molecule has 4 rings (SSSR count). The Morgan fingerprint density at radius 1 is 1.06 bits per heavy atom. The summed E-state index contributed by atoms with van der Waals surface area (Å²) in [6, 6.07) is 9.25. The van der Waals surface area contributed by atoms with Crippen LogP contribution in [-0.2, 0) is 33.7 Å². The van der Waals surface area contributed by atoms with Crippen molar-refractivity contribution in [2.24, 2.45) is 0 Å². The van der Waals surface area contributed by atoms with Crippen LogP contribution in [-0.4, -0.2) is 85.9 Å². The van der Waals surface area contributed by atoms with E-state index in [2.05, 4.69) is 4.90 Å². The zero-order valence-corrected chi connectivity index (χ0v) is 20.5. The van der Waals surface area contributed by atoms with E-state index >= 15 is 0 Å². The van der Waals surface area contributed by atoms with Crippen LogP contribution in [0.2, 0.25) is 0 Å². The normalized spacial score (nSPS) is 16.3. The Balaban J connectivity index is 1.50. The summed E-state index contributed by atoms with van der Waals surface area (Å²) < 4.78 is 17.9. The Morgan fingerprint density at radius 2 is 1.86 bits per heavy atom. The lowest BCUT2D eigenvalue weighted by molar-refractivity contribution is -0.130. The lowest BCUT2D eigenvalue weighted by Gasteiger charge is -2.26. The first-order valence-corrected chi connectivity index (χ1v) is 12.1. The number of benzene rings is 1. The van der Waals surface area contributed by atoms with Crippen LogP contribution in [0.5, 0.6) is 5.75 Å². The monoisotopic (exact) mass is 483 g/mol. The van der Waals surface area contributed by atoms with E-state index in [0.717, 1.165) is 24.2 Å². The molecule has 0 spiro atoms. The van der Waals surface area contributed by atoms with Gasteiger partial charge in [0.05, 0.1) is 26.7 Å². The van der Waals surface area contributed by atoms with Gasteiger partial charge in [-0.25, -0.2) is 4.79 Å². The van der Waals surface area contributed by atoms with E-state index in [9.17, 15) is 14.4 Å². The minimum absolute atomic E-state index is 0.00180. The van der Waals surface area contributed by atoms with Gasteiger partial charge in [0.1, 0.15) is 17.9 Å². The SMILES string of the molecule is COC(=O)c1c(OCCN2CCOCC2)cc(=O)n2c1CCN(C(=O)Cc1cccc(C)c1)CC2. The molecule has 0 unspecified atom stereocenters. The smallest absolute Gasteiger partial charge is 0.343 e. The molecule has 0 aliphatic carbocycles. The van der Waals surface area contributed by atoms with Crippen molar-refractivity contribution in [3.63, 3.8) is 0 Å². The maximum absolute atomic E-state index is 13.0. The molecule has 1 aromatic carbocycles. The molecule has 9 heteroatoms. The quantitative estimate of drug-likeness (QED) is 0.548. The summed E-state index contributed by atoms with van der Waals surface area (Å²) in [7, 11) is 1.32. The number of methoxy groups -OCH3 is 1. The maximum Gasteiger partial charge on any atom is 0.343 e. The Morgan fingerprint density at radius 3 is 2.60 bits per heavy atom. The number of aryl methyl sites for hydroxylation is 1. The van der Waals surface area contributed by atoms with Crippen LogP contribution in [0.3, 0.4) is 0 Å². The minimum Gasteiger partial charge on any atom is -0.491 e. The predicted octanol–water partition coefficient (Wildman–Crippen LogP) is 1.28. The van der Waals surface area contributed by atoms with E-state index in [1.165, 1.54) is 13.2 Å². The number of nitrogens with zero attached hydrogens (tertiary/aromatic N) is 3. The molecule has 9 nitrogen and oxygen atoms in total. The zero-order valence-electron chi connectivity index (χ0n) is 20.5. The number of ether oxygens (including phenoxy) is 3. The van der Waals surface area contributed by atoms with Crippen molar-refractivity contribution in [1.29, 1.82) is 0 Å². The Kier molecular flexibility index (Phi) is 8.20. The highest BCUT2D eigenvalue weighted by Crippen LogP contribution is 2.24. The molecular weight excluding hydrogens is 450 g/mol. The number of pyridine rings is 1. The number of hydrogen-bond donors (Lipinski definition) is 0. The van der Waals surface area contributed by atoms with Crippen LogP contribution < -0.4 is 10.3 Å². The molecule has 0 radical (unpaired) electrons. The molecule has 188 valence electrons. The van der Waals surface area contributed by atoms with Gasteiger partial charge in [-0.3, -0.25) is 14.5 Å². The van der Waals surface area contributed by atoms with Crippen LogP contribution >= 0.6 is 0 Å². The van der Waals surface area contributed by atoms with E-state index in [-0.39, 0.29) is 22.8 Å². The summed E-state index contributed by atoms with van der Waals surface area (Å²) in [6.07, 6.45) is 0.659. The molecule has 1 saturated heterocycles. The molecule has 0 atom stereocenters. The van der Waals surface area contributed by atoms with Crippen LogP contribution in [0, 0.1) is 6.92 Å². The van der Waals surface area contributed by atoms with Crippen molar-refractivity contribution in [3.05, 3.63) is 63.1 Å². The second kappa shape index (κ2) is 11.5. The molecule has 1 amide bonds. The molecule has 2 aromatic rings. The standard InChI is InChI=1S/C26H33N3O6/c1-19-4-3-5-20(16-19)17-23(30)28-7-6-21-25(26(32)33-2)22(18-24(31)29(21)9-8-28)35-15-12-27-10-13-34-14-11-27/h3-5,16,18H,6-15,17H2,1-2H3. The average Bonchev–Trinajstić information content (AvgIpc) is 3.08. The molecule has 0 saturated carbocycles. The van der Waals surface area contributed by atoms with Crippen molar-refractivity contribution in [2.45, 2.75) is 26.3 Å². The van der Waals surface area contributed by atoms with Gasteiger partial charge in [-0.15, -0.1) is 0 Å². The maximum atomic E-state index is 13.0. The topological polar surface area (TPSA) is 90.3 Å². The van der Waals surface area contributed by atoms with Gasteiger partial charge in [0.2, 0.25) is 5.91 Å². The van der Waals surface area contributed by atoms with E-state index in [0.29, 0.717) is 64.5 Å². The van der Waals surface area contributed by atoms with Gasteiger partial charge in [0.25, 0.3) is 5.56 Å². The van der Waals surface area contributed by atoms with Crippen LogP contribution in [0.25, 0.3) is 0 Å². The summed E-state index contributed by atoms with van der Waals surface area (Å²) >= 11 is 0. The second-order valence-electron chi connectivity index (χ2n) is 8.91. The van der Waals surface area contributed by atoms with Crippen LogP contribution in [0.15, 0.2) is 35.1 Å². The summed E-state index contributed by atoms with van der Waals surface area (Å²) in [4.78, 5) is 42.7. The van der Waals surface area contributed by atoms with Gasteiger partial charge in [-0.05, 0) is 12.5 Å². The molecule has 2 aliphatic heterocycles. The third kappa shape index (κ3) is 6.10. The summed E-state index contributed by atoms with van der Waals surface area (Å²) in [5.74, 6) is -0.311. The van der Waals surface area contributed by atoms with E-state index < -0.39 is 5.97 Å². The summed E-state index contributed by atoms with van der Waals surface area (Å²) in [5, 5.41) is 0. The molecule has 0 bridgehead atoms. The number of rotatable bonds is 7. The Bertz CT molecular complexity index is 1120. The van der Waals surface area contributed by atoms with E-state index in [1.807, 2.05) is 31.2 Å². The average molecular weight is 484 g/mol. The third-order valence-corrected chi connectivity index (χ3v) is 6.54. The number of aromatic nitrogens is 1. The van der Waals surface area contributed by atoms with Crippen molar-refractivity contribution in [1.82, 2.24) is 14.4 Å². The molecule has 3 heterocycles. The largest absolute Gasteiger partial charge is 0.491 e. The number of amides is 1. The fraction of sp³-hybridized carbons (Fsp3) is 0.500. The first-order valence-electron chi connectivity index (χ1n) is 12.1. The van der Waals surface area contributed by atoms with Gasteiger partial charge in [0.15, 0.2) is 0 Å².